The van der Waals surface area contributed by atoms with E-state index in [2.05, 4.69) is 10.6 Å². The Hall–Kier alpha value is -1.26. The number of urea groups is 1. The molecule has 1 aromatic carbocycles. The van der Waals surface area contributed by atoms with E-state index in [9.17, 15) is 4.79 Å². The van der Waals surface area contributed by atoms with Crippen molar-refractivity contribution in [3.05, 3.63) is 34.9 Å². The molecule has 0 saturated heterocycles. The minimum atomic E-state index is -0.136. The number of nitrogens with one attached hydrogen (secondary N) is 2. The van der Waals surface area contributed by atoms with Crippen LogP contribution in [0.15, 0.2) is 24.3 Å². The number of carbonyl (C=O) groups excluding carboxylic acids is 1. The molecule has 0 heterocycles. The number of halogens is 1. The van der Waals surface area contributed by atoms with Gasteiger partial charge in [0.15, 0.2) is 0 Å². The lowest BCUT2D eigenvalue weighted by Gasteiger charge is -2.09. The molecule has 0 aliphatic rings. The summed E-state index contributed by atoms with van der Waals surface area (Å²) in [6, 6.07) is 7.50. The first kappa shape index (κ1) is 16.8. The van der Waals surface area contributed by atoms with Crippen molar-refractivity contribution in [1.82, 2.24) is 10.6 Å². The highest BCUT2D eigenvalue weighted by Gasteiger charge is 2.00. The molecule has 1 aromatic rings. The van der Waals surface area contributed by atoms with Crippen molar-refractivity contribution in [3.8, 4) is 0 Å². The van der Waals surface area contributed by atoms with Gasteiger partial charge in [0, 0.05) is 24.7 Å². The van der Waals surface area contributed by atoms with Gasteiger partial charge in [0.25, 0.3) is 0 Å². The van der Waals surface area contributed by atoms with Crippen LogP contribution in [0.25, 0.3) is 0 Å². The van der Waals surface area contributed by atoms with Gasteiger partial charge >= 0.3 is 6.03 Å². The summed E-state index contributed by atoms with van der Waals surface area (Å²) < 4.78 is 5.39. The number of rotatable bonds is 8. The summed E-state index contributed by atoms with van der Waals surface area (Å²) in [5.74, 6) is 0. The highest BCUT2D eigenvalue weighted by Crippen LogP contribution is 2.09. The van der Waals surface area contributed by atoms with Gasteiger partial charge in [0.2, 0.25) is 0 Å². The minimum absolute atomic E-state index is 0.136. The normalized spacial score (nSPS) is 10.6. The van der Waals surface area contributed by atoms with Crippen LogP contribution in [0.5, 0.6) is 0 Å². The number of amides is 2. The van der Waals surface area contributed by atoms with E-state index in [0.717, 1.165) is 23.4 Å². The number of carbonyl (C=O) groups is 1. The Bertz CT molecular complexity index is 393. The van der Waals surface area contributed by atoms with E-state index >= 15 is 0 Å². The number of hydrogen-bond donors (Lipinski definition) is 2. The molecular formula is C15H23ClN2O2. The standard InChI is InChI=1S/C15H23ClN2O2/c1-12(2)20-11-3-9-17-15(19)18-10-8-13-4-6-14(16)7-5-13/h4-7,12H,3,8-11H2,1-2H3,(H2,17,18,19). The molecule has 1 rings (SSSR count). The van der Waals surface area contributed by atoms with E-state index in [-0.39, 0.29) is 12.1 Å². The zero-order valence-corrected chi connectivity index (χ0v) is 12.9. The van der Waals surface area contributed by atoms with Gasteiger partial charge in [0.1, 0.15) is 0 Å². The second-order valence-corrected chi connectivity index (χ2v) is 5.27. The van der Waals surface area contributed by atoms with Crippen LogP contribution in [-0.2, 0) is 11.2 Å². The Morgan fingerprint density at radius 2 is 1.85 bits per heavy atom. The SMILES string of the molecule is CC(C)OCCCNC(=O)NCCc1ccc(Cl)cc1. The summed E-state index contributed by atoms with van der Waals surface area (Å²) in [6.07, 6.45) is 1.85. The monoisotopic (exact) mass is 298 g/mol. The van der Waals surface area contributed by atoms with Crippen LogP contribution >= 0.6 is 11.6 Å². The molecule has 5 heteroatoms. The summed E-state index contributed by atoms with van der Waals surface area (Å²) in [7, 11) is 0. The maximum absolute atomic E-state index is 11.5. The predicted octanol–water partition coefficient (Wildman–Crippen LogP) is 3.00. The molecule has 112 valence electrons. The molecule has 0 radical (unpaired) electrons. The van der Waals surface area contributed by atoms with Crippen LogP contribution < -0.4 is 10.6 Å². The molecule has 0 bridgehead atoms. The summed E-state index contributed by atoms with van der Waals surface area (Å²) in [4.78, 5) is 11.5. The molecule has 4 nitrogen and oxygen atoms in total. The first-order valence-electron chi connectivity index (χ1n) is 6.95. The molecule has 2 amide bonds. The maximum atomic E-state index is 11.5. The number of benzene rings is 1. The van der Waals surface area contributed by atoms with E-state index < -0.39 is 0 Å². The van der Waals surface area contributed by atoms with Gasteiger partial charge in [-0.15, -0.1) is 0 Å². The van der Waals surface area contributed by atoms with E-state index in [4.69, 9.17) is 16.3 Å². The quantitative estimate of drug-likeness (QED) is 0.725. The lowest BCUT2D eigenvalue weighted by atomic mass is 10.1. The maximum Gasteiger partial charge on any atom is 0.314 e. The van der Waals surface area contributed by atoms with Gasteiger partial charge in [-0.1, -0.05) is 23.7 Å². The van der Waals surface area contributed by atoms with E-state index in [1.807, 2.05) is 38.1 Å². The molecule has 2 N–H and O–H groups in total. The van der Waals surface area contributed by atoms with Gasteiger partial charge in [-0.25, -0.2) is 4.79 Å². The van der Waals surface area contributed by atoms with E-state index in [0.29, 0.717) is 19.7 Å². The zero-order valence-electron chi connectivity index (χ0n) is 12.1. The third kappa shape index (κ3) is 8.02. The Morgan fingerprint density at radius 1 is 1.20 bits per heavy atom. The molecular weight excluding hydrogens is 276 g/mol. The fourth-order valence-electron chi connectivity index (χ4n) is 1.63. The van der Waals surface area contributed by atoms with Crippen LogP contribution in [0.1, 0.15) is 25.8 Å². The number of ether oxygens (including phenoxy) is 1. The van der Waals surface area contributed by atoms with Crippen molar-refractivity contribution in [2.24, 2.45) is 0 Å². The van der Waals surface area contributed by atoms with E-state index in [1.54, 1.807) is 0 Å². The molecule has 0 aliphatic heterocycles. The lowest BCUT2D eigenvalue weighted by molar-refractivity contribution is 0.0774. The highest BCUT2D eigenvalue weighted by atomic mass is 35.5. The zero-order chi connectivity index (χ0) is 14.8. The third-order valence-electron chi connectivity index (χ3n) is 2.67. The predicted molar refractivity (Wildman–Crippen MR) is 82.3 cm³/mol. The number of hydrogen-bond acceptors (Lipinski definition) is 2. The molecule has 0 aromatic heterocycles. The topological polar surface area (TPSA) is 50.4 Å². The Balaban J connectivity index is 2.04. The van der Waals surface area contributed by atoms with E-state index in [1.165, 1.54) is 0 Å². The fourth-order valence-corrected chi connectivity index (χ4v) is 1.75. The summed E-state index contributed by atoms with van der Waals surface area (Å²) in [6.45, 7) is 5.89. The molecule has 0 fully saturated rings. The Kier molecular flexibility index (Phi) is 8.07. The van der Waals surface area contributed by atoms with Crippen molar-refractivity contribution in [2.75, 3.05) is 19.7 Å². The molecule has 0 saturated carbocycles. The summed E-state index contributed by atoms with van der Waals surface area (Å²) in [5, 5.41) is 6.35. The van der Waals surface area contributed by atoms with Gasteiger partial charge in [-0.05, 0) is 44.4 Å². The van der Waals surface area contributed by atoms with Crippen LogP contribution in [-0.4, -0.2) is 31.8 Å². The van der Waals surface area contributed by atoms with Gasteiger partial charge in [-0.2, -0.15) is 0 Å². The van der Waals surface area contributed by atoms with Gasteiger partial charge < -0.3 is 15.4 Å². The van der Waals surface area contributed by atoms with Gasteiger partial charge in [-0.3, -0.25) is 0 Å². The van der Waals surface area contributed by atoms with Crippen LogP contribution in [0.3, 0.4) is 0 Å². The molecule has 0 spiro atoms. The van der Waals surface area contributed by atoms with Crippen molar-refractivity contribution in [3.63, 3.8) is 0 Å². The second kappa shape index (κ2) is 9.61. The second-order valence-electron chi connectivity index (χ2n) is 4.83. The van der Waals surface area contributed by atoms with Crippen molar-refractivity contribution < 1.29 is 9.53 Å². The van der Waals surface area contributed by atoms with Crippen molar-refractivity contribution in [2.45, 2.75) is 32.8 Å². The van der Waals surface area contributed by atoms with Gasteiger partial charge in [0.05, 0.1) is 6.10 Å². The molecule has 0 aliphatic carbocycles. The first-order valence-corrected chi connectivity index (χ1v) is 7.33. The highest BCUT2D eigenvalue weighted by molar-refractivity contribution is 6.30. The Labute approximate surface area is 125 Å². The van der Waals surface area contributed by atoms with Crippen LogP contribution in [0.2, 0.25) is 5.02 Å². The van der Waals surface area contributed by atoms with Crippen molar-refractivity contribution in [1.29, 1.82) is 0 Å². The molecule has 0 atom stereocenters. The minimum Gasteiger partial charge on any atom is -0.379 e. The summed E-state index contributed by atoms with van der Waals surface area (Å²) in [5.41, 5.74) is 1.15. The largest absolute Gasteiger partial charge is 0.379 e. The summed E-state index contributed by atoms with van der Waals surface area (Å²) >= 11 is 5.81. The fraction of sp³-hybridized carbons (Fsp3) is 0.533. The first-order chi connectivity index (χ1) is 9.58. The third-order valence-corrected chi connectivity index (χ3v) is 2.92. The van der Waals surface area contributed by atoms with Crippen LogP contribution in [0, 0.1) is 0 Å². The van der Waals surface area contributed by atoms with Crippen molar-refractivity contribution >= 4 is 17.6 Å². The average molecular weight is 299 g/mol. The lowest BCUT2D eigenvalue weighted by Crippen LogP contribution is -2.37. The molecule has 0 unspecified atom stereocenters. The van der Waals surface area contributed by atoms with Crippen LogP contribution in [0.4, 0.5) is 4.79 Å². The smallest absolute Gasteiger partial charge is 0.314 e. The Morgan fingerprint density at radius 3 is 2.50 bits per heavy atom. The molecule has 20 heavy (non-hydrogen) atoms. The average Bonchev–Trinajstić information content (AvgIpc) is 2.40.